The van der Waals surface area contributed by atoms with Gasteiger partial charge >= 0.3 is 11.9 Å². The molecule has 2 saturated heterocycles. The molecule has 0 spiro atoms. The Kier molecular flexibility index (Phi) is 4.99. The molecule has 7 heteroatoms. The van der Waals surface area contributed by atoms with Crippen molar-refractivity contribution in [2.75, 3.05) is 7.11 Å². The number of aliphatic hydroxyl groups is 1. The zero-order chi connectivity index (χ0) is 20.1. The zero-order valence-corrected chi connectivity index (χ0v) is 16.5. The maximum atomic E-state index is 12.3. The van der Waals surface area contributed by atoms with Gasteiger partial charge in [-0.05, 0) is 25.5 Å². The third-order valence-corrected chi connectivity index (χ3v) is 5.92. The first-order valence-corrected chi connectivity index (χ1v) is 9.25. The maximum Gasteiger partial charge on any atom is 0.334 e. The summed E-state index contributed by atoms with van der Waals surface area (Å²) in [5.41, 5.74) is -0.0672. The van der Waals surface area contributed by atoms with E-state index in [1.54, 1.807) is 26.8 Å². The van der Waals surface area contributed by atoms with Crippen molar-refractivity contribution >= 4 is 11.9 Å². The largest absolute Gasteiger partial charge is 0.461 e. The van der Waals surface area contributed by atoms with Crippen LogP contribution >= 0.6 is 0 Å². The quantitative estimate of drug-likeness (QED) is 0.454. The molecule has 0 aromatic rings. The molecule has 150 valence electrons. The first kappa shape index (κ1) is 20.0. The number of esters is 2. The SMILES string of the molecule is C=C1C(=O)O[C@@H]2/C=C(/C)[C@@]3(OC)C[C@H](O)[C@@](C)(C[C@@H](OC(=O)C(C)C)[C@@H]12)O3. The first-order chi connectivity index (χ1) is 12.5. The Morgan fingerprint density at radius 2 is 2.07 bits per heavy atom. The summed E-state index contributed by atoms with van der Waals surface area (Å²) >= 11 is 0. The molecule has 0 amide bonds. The summed E-state index contributed by atoms with van der Waals surface area (Å²) in [6.07, 6.45) is -0.00721. The topological polar surface area (TPSA) is 91.3 Å². The van der Waals surface area contributed by atoms with E-state index in [1.807, 2.05) is 6.92 Å². The number of ether oxygens (including phenoxy) is 4. The molecule has 0 saturated carbocycles. The van der Waals surface area contributed by atoms with Crippen LogP contribution in [0.4, 0.5) is 0 Å². The van der Waals surface area contributed by atoms with E-state index < -0.39 is 41.6 Å². The molecular formula is C20H28O7. The summed E-state index contributed by atoms with van der Waals surface area (Å²) in [6, 6.07) is 0. The van der Waals surface area contributed by atoms with Gasteiger partial charge in [0.1, 0.15) is 12.2 Å². The number of aliphatic hydroxyl groups excluding tert-OH is 1. The molecule has 0 unspecified atom stereocenters. The molecule has 3 heterocycles. The van der Waals surface area contributed by atoms with Crippen molar-refractivity contribution in [2.24, 2.45) is 11.8 Å². The number of hydrogen-bond acceptors (Lipinski definition) is 7. The van der Waals surface area contributed by atoms with E-state index in [4.69, 9.17) is 18.9 Å². The summed E-state index contributed by atoms with van der Waals surface area (Å²) in [7, 11) is 1.51. The summed E-state index contributed by atoms with van der Waals surface area (Å²) in [5.74, 6) is -2.90. The zero-order valence-electron chi connectivity index (χ0n) is 16.5. The van der Waals surface area contributed by atoms with Crippen LogP contribution in [0.2, 0.25) is 0 Å². The second kappa shape index (κ2) is 6.72. The lowest BCUT2D eigenvalue weighted by atomic mass is 9.80. The fourth-order valence-electron chi connectivity index (χ4n) is 4.14. The highest BCUT2D eigenvalue weighted by atomic mass is 16.7. The lowest BCUT2D eigenvalue weighted by molar-refractivity contribution is -0.223. The lowest BCUT2D eigenvalue weighted by Crippen LogP contribution is -2.45. The minimum absolute atomic E-state index is 0.190. The van der Waals surface area contributed by atoms with Crippen molar-refractivity contribution in [3.63, 3.8) is 0 Å². The molecule has 3 aliphatic heterocycles. The van der Waals surface area contributed by atoms with Crippen LogP contribution < -0.4 is 0 Å². The van der Waals surface area contributed by atoms with Crippen molar-refractivity contribution in [1.29, 1.82) is 0 Å². The summed E-state index contributed by atoms with van der Waals surface area (Å²) in [4.78, 5) is 24.5. The fourth-order valence-corrected chi connectivity index (χ4v) is 4.14. The van der Waals surface area contributed by atoms with Crippen LogP contribution in [0.15, 0.2) is 23.8 Å². The average molecular weight is 380 g/mol. The van der Waals surface area contributed by atoms with Gasteiger partial charge in [-0.15, -0.1) is 0 Å². The van der Waals surface area contributed by atoms with Crippen LogP contribution in [0.1, 0.15) is 40.5 Å². The van der Waals surface area contributed by atoms with E-state index in [0.29, 0.717) is 5.57 Å². The lowest BCUT2D eigenvalue weighted by Gasteiger charge is -2.35. The highest BCUT2D eigenvalue weighted by molar-refractivity contribution is 5.91. The van der Waals surface area contributed by atoms with Crippen molar-refractivity contribution in [3.8, 4) is 0 Å². The van der Waals surface area contributed by atoms with Crippen LogP contribution in [0, 0.1) is 11.8 Å². The van der Waals surface area contributed by atoms with E-state index in [0.717, 1.165) is 0 Å². The maximum absolute atomic E-state index is 12.3. The fraction of sp³-hybridized carbons (Fsp3) is 0.700. The van der Waals surface area contributed by atoms with Crippen molar-refractivity contribution in [3.05, 3.63) is 23.8 Å². The number of carbonyl (C=O) groups excluding carboxylic acids is 2. The molecular weight excluding hydrogens is 352 g/mol. The normalized spacial score (nSPS) is 43.3. The molecule has 3 rings (SSSR count). The second-order valence-corrected chi connectivity index (χ2v) is 8.20. The number of rotatable bonds is 3. The molecule has 0 aromatic carbocycles. The Balaban J connectivity index is 2.08. The van der Waals surface area contributed by atoms with Gasteiger partial charge in [-0.1, -0.05) is 20.4 Å². The Hall–Kier alpha value is -1.70. The Morgan fingerprint density at radius 1 is 1.41 bits per heavy atom. The van der Waals surface area contributed by atoms with Crippen LogP contribution in [0.25, 0.3) is 0 Å². The number of carbonyl (C=O) groups is 2. The Morgan fingerprint density at radius 3 is 2.67 bits per heavy atom. The smallest absolute Gasteiger partial charge is 0.334 e. The van der Waals surface area contributed by atoms with Gasteiger partial charge in [-0.2, -0.15) is 0 Å². The third-order valence-electron chi connectivity index (χ3n) is 5.92. The highest BCUT2D eigenvalue weighted by Gasteiger charge is 2.59. The van der Waals surface area contributed by atoms with E-state index in [-0.39, 0.29) is 30.3 Å². The number of methoxy groups -OCH3 is 1. The molecule has 3 aliphatic rings. The van der Waals surface area contributed by atoms with Gasteiger partial charge in [0, 0.05) is 25.5 Å². The summed E-state index contributed by atoms with van der Waals surface area (Å²) in [6.45, 7) is 10.9. The number of hydrogen-bond donors (Lipinski definition) is 1. The van der Waals surface area contributed by atoms with Crippen LogP contribution in [0.3, 0.4) is 0 Å². The summed E-state index contributed by atoms with van der Waals surface area (Å²) in [5, 5.41) is 10.7. The molecule has 27 heavy (non-hydrogen) atoms. The molecule has 0 aliphatic carbocycles. The molecule has 2 bridgehead atoms. The van der Waals surface area contributed by atoms with E-state index in [1.165, 1.54) is 7.11 Å². The molecule has 2 fully saturated rings. The van der Waals surface area contributed by atoms with Gasteiger partial charge in [0.2, 0.25) is 0 Å². The first-order valence-electron chi connectivity index (χ1n) is 9.25. The van der Waals surface area contributed by atoms with Gasteiger partial charge < -0.3 is 24.1 Å². The van der Waals surface area contributed by atoms with Crippen LogP contribution in [-0.2, 0) is 28.5 Å². The molecule has 1 N–H and O–H groups in total. The van der Waals surface area contributed by atoms with Gasteiger partial charge in [0.25, 0.3) is 0 Å². The van der Waals surface area contributed by atoms with Gasteiger partial charge in [-0.25, -0.2) is 4.79 Å². The monoisotopic (exact) mass is 380 g/mol. The van der Waals surface area contributed by atoms with Gasteiger partial charge in [0.05, 0.1) is 23.5 Å². The minimum atomic E-state index is -1.12. The van der Waals surface area contributed by atoms with Crippen molar-refractivity contribution in [1.82, 2.24) is 0 Å². The van der Waals surface area contributed by atoms with E-state index in [2.05, 4.69) is 6.58 Å². The molecule has 0 aromatic heterocycles. The van der Waals surface area contributed by atoms with Crippen molar-refractivity contribution in [2.45, 2.75) is 70.2 Å². The van der Waals surface area contributed by atoms with Crippen LogP contribution in [0.5, 0.6) is 0 Å². The predicted octanol–water partition coefficient (Wildman–Crippen LogP) is 1.88. The van der Waals surface area contributed by atoms with Gasteiger partial charge in [-0.3, -0.25) is 4.79 Å². The molecule has 7 nitrogen and oxygen atoms in total. The second-order valence-electron chi connectivity index (χ2n) is 8.20. The standard InChI is InChI=1S/C20H28O7/c1-10(2)17(22)26-14-8-19(5)15(21)9-20(24-6,27-19)11(3)7-13-16(14)12(4)18(23)25-13/h7,10,13-16,21H,4,8-9H2,1-3,5-6H3/b11-7-/t13-,14-,15+,16+,19-,20-/m1/s1. The third kappa shape index (κ3) is 3.22. The number of fused-ring (bicyclic) bond motifs is 3. The van der Waals surface area contributed by atoms with E-state index >= 15 is 0 Å². The van der Waals surface area contributed by atoms with Gasteiger partial charge in [0.15, 0.2) is 5.79 Å². The average Bonchev–Trinajstić information content (AvgIpc) is 3.01. The van der Waals surface area contributed by atoms with E-state index in [9.17, 15) is 14.7 Å². The predicted molar refractivity (Wildman–Crippen MR) is 95.5 cm³/mol. The summed E-state index contributed by atoms with van der Waals surface area (Å²) < 4.78 is 23.1. The molecule has 0 radical (unpaired) electrons. The van der Waals surface area contributed by atoms with Crippen molar-refractivity contribution < 1.29 is 33.6 Å². The molecule has 6 atom stereocenters. The minimum Gasteiger partial charge on any atom is -0.461 e. The van der Waals surface area contributed by atoms with Crippen LogP contribution in [-0.4, -0.2) is 53.9 Å². The highest BCUT2D eigenvalue weighted by Crippen LogP contribution is 2.49. The Labute approximate surface area is 159 Å². The Bertz CT molecular complexity index is 696.